The number of likely N-dealkylation sites (N-methyl/N-ethyl adjacent to an activating group) is 1. The lowest BCUT2D eigenvalue weighted by Crippen LogP contribution is -2.46. The Bertz CT molecular complexity index is 228. The second kappa shape index (κ2) is 6.17. The Hall–Kier alpha value is -0.120. The zero-order chi connectivity index (χ0) is 13.1. The summed E-state index contributed by atoms with van der Waals surface area (Å²) in [4.78, 5) is 2.47. The summed E-state index contributed by atoms with van der Waals surface area (Å²) in [6.45, 7) is 14.4. The lowest BCUT2D eigenvalue weighted by atomic mass is 9.91. The summed E-state index contributed by atoms with van der Waals surface area (Å²) >= 11 is 0. The molecule has 102 valence electrons. The second-order valence-corrected chi connectivity index (χ2v) is 6.55. The summed E-state index contributed by atoms with van der Waals surface area (Å²) in [7, 11) is 2.23. The van der Waals surface area contributed by atoms with Crippen molar-refractivity contribution in [2.45, 2.75) is 59.2 Å². The third kappa shape index (κ3) is 4.94. The topological polar surface area (TPSA) is 24.5 Å². The summed E-state index contributed by atoms with van der Waals surface area (Å²) in [5, 5.41) is 3.53. The van der Waals surface area contributed by atoms with Gasteiger partial charge in [0.05, 0.1) is 6.10 Å². The van der Waals surface area contributed by atoms with Crippen molar-refractivity contribution in [1.82, 2.24) is 10.2 Å². The number of nitrogens with one attached hydrogen (secondary N) is 1. The van der Waals surface area contributed by atoms with Crippen molar-refractivity contribution in [2.24, 2.45) is 5.41 Å². The highest BCUT2D eigenvalue weighted by molar-refractivity contribution is 4.84. The molecule has 1 rings (SSSR count). The first-order valence-corrected chi connectivity index (χ1v) is 6.87. The molecule has 0 aromatic rings. The van der Waals surface area contributed by atoms with Crippen LogP contribution in [0.1, 0.15) is 41.0 Å². The Morgan fingerprint density at radius 2 is 2.06 bits per heavy atom. The molecule has 0 radical (unpaired) electrons. The van der Waals surface area contributed by atoms with Gasteiger partial charge in [0, 0.05) is 31.8 Å². The van der Waals surface area contributed by atoms with E-state index in [1.807, 2.05) is 0 Å². The third-order valence-corrected chi connectivity index (χ3v) is 3.57. The minimum Gasteiger partial charge on any atom is -0.377 e. The van der Waals surface area contributed by atoms with Crippen LogP contribution in [0, 0.1) is 5.41 Å². The van der Waals surface area contributed by atoms with Gasteiger partial charge in [0.2, 0.25) is 0 Å². The quantitative estimate of drug-likeness (QED) is 0.772. The molecule has 2 unspecified atom stereocenters. The lowest BCUT2D eigenvalue weighted by Gasteiger charge is -2.35. The van der Waals surface area contributed by atoms with Crippen LogP contribution in [0.3, 0.4) is 0 Å². The Balaban J connectivity index is 2.40. The molecule has 0 saturated carbocycles. The smallest absolute Gasteiger partial charge is 0.0702 e. The van der Waals surface area contributed by atoms with Crippen molar-refractivity contribution in [3.05, 3.63) is 0 Å². The number of rotatable bonds is 6. The van der Waals surface area contributed by atoms with Gasteiger partial charge in [-0.1, -0.05) is 27.7 Å². The van der Waals surface area contributed by atoms with Gasteiger partial charge < -0.3 is 15.0 Å². The third-order valence-electron chi connectivity index (χ3n) is 3.57. The molecule has 0 aromatic carbocycles. The van der Waals surface area contributed by atoms with E-state index in [0.29, 0.717) is 23.6 Å². The first-order valence-electron chi connectivity index (χ1n) is 6.87. The van der Waals surface area contributed by atoms with Crippen LogP contribution >= 0.6 is 0 Å². The van der Waals surface area contributed by atoms with Crippen LogP contribution in [-0.4, -0.2) is 49.8 Å². The SMILES string of the molecule is CC(C)NCC(C)(C)CN(C)C1CCOC1C. The molecule has 0 spiro atoms. The minimum atomic E-state index is 0.307. The molecule has 1 N–H and O–H groups in total. The van der Waals surface area contributed by atoms with E-state index in [-0.39, 0.29) is 0 Å². The van der Waals surface area contributed by atoms with Gasteiger partial charge >= 0.3 is 0 Å². The predicted octanol–water partition coefficient (Wildman–Crippen LogP) is 2.12. The Morgan fingerprint density at radius 3 is 2.53 bits per heavy atom. The maximum atomic E-state index is 5.64. The molecule has 2 atom stereocenters. The van der Waals surface area contributed by atoms with E-state index in [2.05, 4.69) is 51.9 Å². The van der Waals surface area contributed by atoms with E-state index < -0.39 is 0 Å². The fourth-order valence-electron chi connectivity index (χ4n) is 2.63. The fraction of sp³-hybridized carbons (Fsp3) is 1.00. The first kappa shape index (κ1) is 14.9. The Kier molecular flexibility index (Phi) is 5.42. The molecular weight excluding hydrogens is 212 g/mol. The molecule has 0 aliphatic carbocycles. The van der Waals surface area contributed by atoms with Crippen molar-refractivity contribution in [3.63, 3.8) is 0 Å². The van der Waals surface area contributed by atoms with E-state index in [1.165, 1.54) is 6.42 Å². The highest BCUT2D eigenvalue weighted by Crippen LogP contribution is 2.23. The summed E-state index contributed by atoms with van der Waals surface area (Å²) in [5.41, 5.74) is 0.307. The highest BCUT2D eigenvalue weighted by atomic mass is 16.5. The van der Waals surface area contributed by atoms with E-state index in [0.717, 1.165) is 19.7 Å². The first-order chi connectivity index (χ1) is 7.82. The van der Waals surface area contributed by atoms with Crippen molar-refractivity contribution < 1.29 is 4.74 Å². The maximum Gasteiger partial charge on any atom is 0.0702 e. The molecule has 3 nitrogen and oxygen atoms in total. The fourth-order valence-corrected chi connectivity index (χ4v) is 2.63. The normalized spacial score (nSPS) is 26.1. The summed E-state index contributed by atoms with van der Waals surface area (Å²) in [6, 6.07) is 1.15. The van der Waals surface area contributed by atoms with Gasteiger partial charge in [-0.05, 0) is 25.8 Å². The zero-order valence-corrected chi connectivity index (χ0v) is 12.4. The molecule has 0 amide bonds. The Morgan fingerprint density at radius 1 is 1.41 bits per heavy atom. The number of hydrogen-bond donors (Lipinski definition) is 1. The van der Waals surface area contributed by atoms with Gasteiger partial charge in [-0.25, -0.2) is 0 Å². The standard InChI is InChI=1S/C14H30N2O/c1-11(2)15-9-14(4,5)10-16(6)13-7-8-17-12(13)3/h11-13,15H,7-10H2,1-6H3. The minimum absolute atomic E-state index is 0.307. The van der Waals surface area contributed by atoms with Crippen molar-refractivity contribution in [3.8, 4) is 0 Å². The van der Waals surface area contributed by atoms with Crippen LogP contribution in [0.15, 0.2) is 0 Å². The van der Waals surface area contributed by atoms with Crippen LogP contribution < -0.4 is 5.32 Å². The molecule has 1 fully saturated rings. The summed E-state index contributed by atoms with van der Waals surface area (Å²) < 4.78 is 5.64. The van der Waals surface area contributed by atoms with Gasteiger partial charge in [-0.2, -0.15) is 0 Å². The van der Waals surface area contributed by atoms with Gasteiger partial charge in [0.25, 0.3) is 0 Å². The molecule has 0 aromatic heterocycles. The van der Waals surface area contributed by atoms with Crippen LogP contribution in [-0.2, 0) is 4.74 Å². The van der Waals surface area contributed by atoms with Crippen molar-refractivity contribution in [1.29, 1.82) is 0 Å². The molecular formula is C14H30N2O. The van der Waals surface area contributed by atoms with Gasteiger partial charge in [0.15, 0.2) is 0 Å². The van der Waals surface area contributed by atoms with E-state index >= 15 is 0 Å². The number of nitrogens with zero attached hydrogens (tertiary/aromatic N) is 1. The highest BCUT2D eigenvalue weighted by Gasteiger charge is 2.31. The molecule has 3 heteroatoms. The predicted molar refractivity (Wildman–Crippen MR) is 73.4 cm³/mol. The average Bonchev–Trinajstić information content (AvgIpc) is 2.61. The van der Waals surface area contributed by atoms with E-state index in [1.54, 1.807) is 0 Å². The van der Waals surface area contributed by atoms with Crippen LogP contribution in [0.5, 0.6) is 0 Å². The zero-order valence-electron chi connectivity index (χ0n) is 12.4. The maximum absolute atomic E-state index is 5.64. The van der Waals surface area contributed by atoms with Crippen LogP contribution in [0.25, 0.3) is 0 Å². The second-order valence-electron chi connectivity index (χ2n) is 6.55. The summed E-state index contributed by atoms with van der Waals surface area (Å²) in [6.07, 6.45) is 1.56. The summed E-state index contributed by atoms with van der Waals surface area (Å²) in [5.74, 6) is 0. The molecule has 17 heavy (non-hydrogen) atoms. The van der Waals surface area contributed by atoms with E-state index in [9.17, 15) is 0 Å². The van der Waals surface area contributed by atoms with E-state index in [4.69, 9.17) is 4.74 Å². The molecule has 1 aliphatic rings. The number of ether oxygens (including phenoxy) is 1. The van der Waals surface area contributed by atoms with Gasteiger partial charge in [-0.15, -0.1) is 0 Å². The van der Waals surface area contributed by atoms with Crippen molar-refractivity contribution >= 4 is 0 Å². The van der Waals surface area contributed by atoms with Crippen LogP contribution in [0.2, 0.25) is 0 Å². The van der Waals surface area contributed by atoms with Gasteiger partial charge in [-0.3, -0.25) is 0 Å². The average molecular weight is 242 g/mol. The van der Waals surface area contributed by atoms with Crippen molar-refractivity contribution in [2.75, 3.05) is 26.7 Å². The lowest BCUT2D eigenvalue weighted by molar-refractivity contribution is 0.0689. The molecule has 1 aliphatic heterocycles. The Labute approximate surface area is 107 Å². The molecule has 1 heterocycles. The largest absolute Gasteiger partial charge is 0.377 e. The molecule has 1 saturated heterocycles. The van der Waals surface area contributed by atoms with Crippen LogP contribution in [0.4, 0.5) is 0 Å². The molecule has 0 bridgehead atoms. The van der Waals surface area contributed by atoms with Gasteiger partial charge in [0.1, 0.15) is 0 Å². The number of hydrogen-bond acceptors (Lipinski definition) is 3. The monoisotopic (exact) mass is 242 g/mol.